The molecule has 0 N–H and O–H groups in total. The molecule has 0 aromatic heterocycles. The Bertz CT molecular complexity index is 998. The summed E-state index contributed by atoms with van der Waals surface area (Å²) in [6.45, 7) is 1.18. The van der Waals surface area contributed by atoms with Gasteiger partial charge in [-0.05, 0) is 41.8 Å². The molecule has 2 heterocycles. The zero-order valence-electron chi connectivity index (χ0n) is 18.4. The number of methoxy groups -OCH3 is 3. The van der Waals surface area contributed by atoms with Crippen LogP contribution in [-0.2, 0) is 22.4 Å². The van der Waals surface area contributed by atoms with Crippen LogP contribution >= 0.6 is 0 Å². The number of carbonyl (C=O) groups excluding carboxylic acids is 2. The molecular weight excluding hydrogens is 416 g/mol. The Labute approximate surface area is 186 Å². The molecule has 0 unspecified atom stereocenters. The number of hydrogen-bond acceptors (Lipinski definition) is 7. The normalized spacial score (nSPS) is 14.5. The first-order valence-corrected chi connectivity index (χ1v) is 10.3. The van der Waals surface area contributed by atoms with Gasteiger partial charge in [-0.15, -0.1) is 0 Å². The maximum Gasteiger partial charge on any atom is 0.245 e. The van der Waals surface area contributed by atoms with Crippen molar-refractivity contribution in [3.8, 4) is 28.7 Å². The van der Waals surface area contributed by atoms with Crippen LogP contribution < -0.4 is 23.7 Å². The Morgan fingerprint density at radius 1 is 0.812 bits per heavy atom. The summed E-state index contributed by atoms with van der Waals surface area (Å²) >= 11 is 0. The highest BCUT2D eigenvalue weighted by atomic mass is 16.7. The Morgan fingerprint density at radius 3 is 2.00 bits per heavy atom. The van der Waals surface area contributed by atoms with Crippen molar-refractivity contribution in [1.29, 1.82) is 0 Å². The molecule has 0 atom stereocenters. The van der Waals surface area contributed by atoms with Gasteiger partial charge in [-0.1, -0.05) is 6.07 Å². The minimum atomic E-state index is -0.171. The molecule has 32 heavy (non-hydrogen) atoms. The highest BCUT2D eigenvalue weighted by molar-refractivity contribution is 5.85. The van der Waals surface area contributed by atoms with Crippen molar-refractivity contribution < 1.29 is 33.3 Å². The molecule has 9 nitrogen and oxygen atoms in total. The molecule has 170 valence electrons. The van der Waals surface area contributed by atoms with Crippen LogP contribution in [0.3, 0.4) is 0 Å². The Kier molecular flexibility index (Phi) is 6.25. The van der Waals surface area contributed by atoms with Gasteiger partial charge in [0.05, 0.1) is 34.2 Å². The third kappa shape index (κ3) is 4.23. The van der Waals surface area contributed by atoms with Crippen LogP contribution in [0.2, 0.25) is 0 Å². The lowest BCUT2D eigenvalue weighted by molar-refractivity contribution is -0.157. The molecule has 2 aromatic rings. The number of hydrazine groups is 1. The maximum atomic E-state index is 13.1. The number of rotatable bonds is 7. The van der Waals surface area contributed by atoms with Gasteiger partial charge >= 0.3 is 0 Å². The second-order valence-electron chi connectivity index (χ2n) is 7.46. The van der Waals surface area contributed by atoms with E-state index in [1.807, 2.05) is 6.07 Å². The molecule has 4 rings (SSSR count). The predicted octanol–water partition coefficient (Wildman–Crippen LogP) is 2.20. The molecule has 0 radical (unpaired) electrons. The summed E-state index contributed by atoms with van der Waals surface area (Å²) in [7, 11) is 4.58. The first-order valence-electron chi connectivity index (χ1n) is 10.3. The minimum absolute atomic E-state index is 0.102. The van der Waals surface area contributed by atoms with Crippen LogP contribution in [0.5, 0.6) is 28.7 Å². The molecule has 2 aliphatic heterocycles. The fourth-order valence-electron chi connectivity index (χ4n) is 3.95. The van der Waals surface area contributed by atoms with Crippen LogP contribution in [0.1, 0.15) is 17.5 Å². The van der Waals surface area contributed by atoms with Crippen LogP contribution in [0.25, 0.3) is 0 Å². The van der Waals surface area contributed by atoms with E-state index in [1.54, 1.807) is 24.3 Å². The number of hydrogen-bond donors (Lipinski definition) is 0. The third-order valence-corrected chi connectivity index (χ3v) is 5.48. The smallest absolute Gasteiger partial charge is 0.245 e. The summed E-state index contributed by atoms with van der Waals surface area (Å²) in [5, 5.41) is 3.06. The molecule has 1 saturated heterocycles. The number of ether oxygens (including phenoxy) is 5. The maximum absolute atomic E-state index is 13.1. The van der Waals surface area contributed by atoms with Crippen LogP contribution in [0.4, 0.5) is 0 Å². The molecule has 2 amide bonds. The van der Waals surface area contributed by atoms with E-state index in [9.17, 15) is 9.59 Å². The van der Waals surface area contributed by atoms with Crippen LogP contribution in [-0.4, -0.2) is 63.0 Å². The van der Waals surface area contributed by atoms with Gasteiger partial charge in [0, 0.05) is 13.1 Å². The van der Waals surface area contributed by atoms with Crippen LogP contribution in [0.15, 0.2) is 30.3 Å². The second-order valence-corrected chi connectivity index (χ2v) is 7.46. The number of fused-ring (bicyclic) bond motifs is 1. The predicted molar refractivity (Wildman–Crippen MR) is 114 cm³/mol. The van der Waals surface area contributed by atoms with E-state index >= 15 is 0 Å². The highest BCUT2D eigenvalue weighted by Gasteiger charge is 2.31. The number of carbonyl (C=O) groups is 2. The monoisotopic (exact) mass is 442 g/mol. The topological polar surface area (TPSA) is 86.8 Å². The van der Waals surface area contributed by atoms with Gasteiger partial charge in [0.15, 0.2) is 23.0 Å². The summed E-state index contributed by atoms with van der Waals surface area (Å²) in [6.07, 6.45) is 1.00. The number of nitrogens with zero attached hydrogens (tertiary/aromatic N) is 2. The molecule has 1 fully saturated rings. The third-order valence-electron chi connectivity index (χ3n) is 5.48. The summed E-state index contributed by atoms with van der Waals surface area (Å²) in [5.74, 6) is 2.42. The van der Waals surface area contributed by atoms with Gasteiger partial charge in [-0.3, -0.25) is 19.6 Å². The summed E-state index contributed by atoms with van der Waals surface area (Å²) in [6, 6.07) is 8.92. The lowest BCUT2D eigenvalue weighted by atomic mass is 10.1. The Balaban J connectivity index is 1.46. The van der Waals surface area contributed by atoms with E-state index in [1.165, 1.54) is 31.3 Å². The molecule has 0 saturated carbocycles. The van der Waals surface area contributed by atoms with Crippen molar-refractivity contribution in [2.75, 3.05) is 41.2 Å². The molecule has 0 bridgehead atoms. The minimum Gasteiger partial charge on any atom is -0.493 e. The number of benzene rings is 2. The highest BCUT2D eigenvalue weighted by Crippen LogP contribution is 2.38. The summed E-state index contributed by atoms with van der Waals surface area (Å²) in [5.41, 5.74) is 1.52. The quantitative estimate of drug-likeness (QED) is 0.650. The van der Waals surface area contributed by atoms with Crippen molar-refractivity contribution in [3.05, 3.63) is 41.5 Å². The fraction of sp³-hybridized carbons (Fsp3) is 0.391. The van der Waals surface area contributed by atoms with Crippen molar-refractivity contribution in [1.82, 2.24) is 10.0 Å². The molecule has 2 aliphatic rings. The van der Waals surface area contributed by atoms with Crippen molar-refractivity contribution in [2.24, 2.45) is 0 Å². The van der Waals surface area contributed by atoms with E-state index in [4.69, 9.17) is 23.7 Å². The Morgan fingerprint density at radius 2 is 1.41 bits per heavy atom. The van der Waals surface area contributed by atoms with Gasteiger partial charge in [-0.25, -0.2) is 0 Å². The largest absolute Gasteiger partial charge is 0.493 e. The lowest BCUT2D eigenvalue weighted by Crippen LogP contribution is -2.46. The standard InChI is InChI=1S/C23H26N2O7/c1-28-19-10-16(11-20(29-2)23(19)30-3)13-22(27)25-8-4-7-24(25)21(26)12-15-5-6-17-18(9-15)32-14-31-17/h5-6,9-11H,4,7-8,12-14H2,1-3H3. The van der Waals surface area contributed by atoms with E-state index in [0.29, 0.717) is 47.4 Å². The zero-order valence-corrected chi connectivity index (χ0v) is 18.4. The van der Waals surface area contributed by atoms with E-state index < -0.39 is 0 Å². The van der Waals surface area contributed by atoms with Gasteiger partial charge in [-0.2, -0.15) is 0 Å². The van der Waals surface area contributed by atoms with Gasteiger partial charge in [0.1, 0.15) is 0 Å². The van der Waals surface area contributed by atoms with Crippen molar-refractivity contribution >= 4 is 11.8 Å². The van der Waals surface area contributed by atoms with Crippen LogP contribution in [0, 0.1) is 0 Å². The van der Waals surface area contributed by atoms with Gasteiger partial charge in [0.25, 0.3) is 0 Å². The average Bonchev–Trinajstić information content (AvgIpc) is 3.47. The fourth-order valence-corrected chi connectivity index (χ4v) is 3.95. The van der Waals surface area contributed by atoms with Crippen molar-refractivity contribution in [3.63, 3.8) is 0 Å². The second kappa shape index (κ2) is 9.25. The van der Waals surface area contributed by atoms with E-state index in [2.05, 4.69) is 0 Å². The first-order chi connectivity index (χ1) is 15.5. The number of amides is 2. The molecular formula is C23H26N2O7. The Hall–Kier alpha value is -3.62. The molecule has 0 spiro atoms. The lowest BCUT2D eigenvalue weighted by Gasteiger charge is -2.28. The summed E-state index contributed by atoms with van der Waals surface area (Å²) < 4.78 is 26.8. The van der Waals surface area contributed by atoms with Gasteiger partial charge in [0.2, 0.25) is 24.4 Å². The molecule has 2 aromatic carbocycles. The molecule has 9 heteroatoms. The average molecular weight is 442 g/mol. The van der Waals surface area contributed by atoms with Crippen molar-refractivity contribution in [2.45, 2.75) is 19.3 Å². The molecule has 0 aliphatic carbocycles. The zero-order chi connectivity index (χ0) is 22.7. The first kappa shape index (κ1) is 21.6. The summed E-state index contributed by atoms with van der Waals surface area (Å²) in [4.78, 5) is 26.0. The van der Waals surface area contributed by atoms with E-state index in [-0.39, 0.29) is 31.4 Å². The van der Waals surface area contributed by atoms with E-state index in [0.717, 1.165) is 12.0 Å². The SMILES string of the molecule is COc1cc(CC(=O)N2CCCN2C(=O)Cc2ccc3c(c2)OCO3)cc(OC)c1OC. The van der Waals surface area contributed by atoms with Gasteiger partial charge < -0.3 is 23.7 Å².